The van der Waals surface area contributed by atoms with E-state index in [0.29, 0.717) is 5.65 Å². The Labute approximate surface area is 132 Å². The van der Waals surface area contributed by atoms with Crippen LogP contribution in [0.5, 0.6) is 0 Å². The van der Waals surface area contributed by atoms with Crippen molar-refractivity contribution in [1.29, 1.82) is 0 Å². The zero-order chi connectivity index (χ0) is 15.0. The largest absolute Gasteiger partial charge is 0.261 e. The first-order valence-electron chi connectivity index (χ1n) is 6.58. The molecule has 0 radical (unpaired) electrons. The van der Waals surface area contributed by atoms with Gasteiger partial charge in [-0.05, 0) is 34.7 Å². The van der Waals surface area contributed by atoms with E-state index in [9.17, 15) is 0 Å². The molecule has 0 unspecified atom stereocenters. The maximum atomic E-state index is 5.95. The number of H-pyrrole nitrogens is 1. The van der Waals surface area contributed by atoms with Crippen molar-refractivity contribution in [3.63, 3.8) is 0 Å². The Morgan fingerprint density at radius 1 is 1.10 bits per heavy atom. The summed E-state index contributed by atoms with van der Waals surface area (Å²) in [7, 11) is 0. The van der Waals surface area contributed by atoms with E-state index in [1.807, 2.05) is 0 Å². The number of nitrogens with zero attached hydrogens (tertiary/aromatic N) is 3. The molecule has 2 heterocycles. The highest BCUT2D eigenvalue weighted by Crippen LogP contribution is 2.33. The van der Waals surface area contributed by atoms with E-state index in [-0.39, 0.29) is 10.7 Å². The Balaban J connectivity index is 1.93. The van der Waals surface area contributed by atoms with Gasteiger partial charge in [-0.15, -0.1) is 0 Å². The molecule has 0 saturated carbocycles. The van der Waals surface area contributed by atoms with Crippen molar-refractivity contribution in [1.82, 2.24) is 20.2 Å². The number of hydrogen-bond acceptors (Lipinski definition) is 4. The van der Waals surface area contributed by atoms with Crippen LogP contribution in [-0.2, 0) is 5.41 Å². The highest BCUT2D eigenvalue weighted by atomic mass is 35.5. The summed E-state index contributed by atoms with van der Waals surface area (Å²) in [6.07, 6.45) is 1.72. The van der Waals surface area contributed by atoms with Crippen molar-refractivity contribution >= 4 is 34.4 Å². The van der Waals surface area contributed by atoms with Crippen LogP contribution < -0.4 is 0 Å². The fourth-order valence-electron chi connectivity index (χ4n) is 1.99. The second-order valence-corrected chi connectivity index (χ2v) is 7.21. The predicted octanol–water partition coefficient (Wildman–Crippen LogP) is 4.46. The van der Waals surface area contributed by atoms with Gasteiger partial charge in [-0.25, -0.2) is 4.98 Å². The van der Waals surface area contributed by atoms with Gasteiger partial charge in [-0.2, -0.15) is 10.1 Å². The van der Waals surface area contributed by atoms with E-state index in [4.69, 9.17) is 11.6 Å². The minimum Gasteiger partial charge on any atom is -0.261 e. The van der Waals surface area contributed by atoms with E-state index in [0.717, 1.165) is 15.3 Å². The molecule has 3 rings (SSSR count). The summed E-state index contributed by atoms with van der Waals surface area (Å²) in [5, 5.41) is 8.72. The fourth-order valence-corrected chi connectivity index (χ4v) is 3.10. The van der Waals surface area contributed by atoms with Crippen LogP contribution >= 0.6 is 23.4 Å². The highest BCUT2D eigenvalue weighted by molar-refractivity contribution is 7.99. The molecular weight excluding hydrogens is 304 g/mol. The molecule has 0 bridgehead atoms. The first-order valence-corrected chi connectivity index (χ1v) is 7.78. The van der Waals surface area contributed by atoms with Crippen LogP contribution in [0.1, 0.15) is 26.3 Å². The molecule has 4 nitrogen and oxygen atoms in total. The first-order chi connectivity index (χ1) is 9.93. The average molecular weight is 319 g/mol. The van der Waals surface area contributed by atoms with Gasteiger partial charge in [0.05, 0.1) is 11.6 Å². The van der Waals surface area contributed by atoms with Gasteiger partial charge in [0, 0.05) is 4.90 Å². The van der Waals surface area contributed by atoms with Crippen molar-refractivity contribution in [2.45, 2.75) is 36.1 Å². The monoisotopic (exact) mass is 318 g/mol. The molecule has 0 spiro atoms. The summed E-state index contributed by atoms with van der Waals surface area (Å²) in [5.41, 5.74) is 2.11. The average Bonchev–Trinajstić information content (AvgIpc) is 2.86. The van der Waals surface area contributed by atoms with E-state index >= 15 is 0 Å². The van der Waals surface area contributed by atoms with Crippen LogP contribution in [0.4, 0.5) is 0 Å². The summed E-state index contributed by atoms with van der Waals surface area (Å²) in [5.74, 6) is 0. The van der Waals surface area contributed by atoms with Gasteiger partial charge in [0.15, 0.2) is 5.65 Å². The Kier molecular flexibility index (Phi) is 3.63. The van der Waals surface area contributed by atoms with E-state index in [1.54, 1.807) is 18.0 Å². The van der Waals surface area contributed by atoms with Crippen LogP contribution in [0.3, 0.4) is 0 Å². The molecule has 1 N–H and O–H groups in total. The number of fused-ring (bicyclic) bond motifs is 1. The van der Waals surface area contributed by atoms with Gasteiger partial charge in [-0.1, -0.05) is 44.7 Å². The molecule has 0 atom stereocenters. The van der Waals surface area contributed by atoms with E-state index < -0.39 is 0 Å². The molecule has 0 aliphatic heterocycles. The van der Waals surface area contributed by atoms with Crippen molar-refractivity contribution in [3.05, 3.63) is 41.3 Å². The topological polar surface area (TPSA) is 54.5 Å². The lowest BCUT2D eigenvalue weighted by Crippen LogP contribution is -2.10. The summed E-state index contributed by atoms with van der Waals surface area (Å²) in [6.45, 7) is 6.61. The quantitative estimate of drug-likeness (QED) is 0.560. The Morgan fingerprint density at radius 3 is 2.48 bits per heavy atom. The zero-order valence-electron chi connectivity index (χ0n) is 12.0. The van der Waals surface area contributed by atoms with Gasteiger partial charge in [-0.3, -0.25) is 5.10 Å². The summed E-state index contributed by atoms with van der Waals surface area (Å²) >= 11 is 7.51. The second-order valence-electron chi connectivity index (χ2n) is 5.81. The van der Waals surface area contributed by atoms with Gasteiger partial charge >= 0.3 is 0 Å². The molecular formula is C15H15ClN4S. The Bertz CT molecular complexity index is 774. The number of aromatic amines is 1. The number of aromatic nitrogens is 4. The van der Waals surface area contributed by atoms with Crippen LogP contribution in [0.2, 0.25) is 5.28 Å². The lowest BCUT2D eigenvalue weighted by molar-refractivity contribution is 0.590. The Hall–Kier alpha value is -1.59. The predicted molar refractivity (Wildman–Crippen MR) is 86.0 cm³/mol. The number of halogens is 1. The molecule has 108 valence electrons. The highest BCUT2D eigenvalue weighted by Gasteiger charge is 2.14. The van der Waals surface area contributed by atoms with E-state index in [2.05, 4.69) is 65.2 Å². The minimum atomic E-state index is 0.152. The Morgan fingerprint density at radius 2 is 1.81 bits per heavy atom. The van der Waals surface area contributed by atoms with Gasteiger partial charge in [0.2, 0.25) is 5.28 Å². The number of rotatable bonds is 2. The molecule has 0 amide bonds. The van der Waals surface area contributed by atoms with Gasteiger partial charge < -0.3 is 0 Å². The van der Waals surface area contributed by atoms with E-state index in [1.165, 1.54) is 5.56 Å². The molecule has 1 aromatic carbocycles. The summed E-state index contributed by atoms with van der Waals surface area (Å²) in [6, 6.07) is 8.51. The first kappa shape index (κ1) is 14.4. The third kappa shape index (κ3) is 3.04. The molecule has 6 heteroatoms. The normalized spacial score (nSPS) is 12.0. The molecule has 3 aromatic rings. The summed E-state index contributed by atoms with van der Waals surface area (Å²) < 4.78 is 0. The molecule has 0 aliphatic carbocycles. The van der Waals surface area contributed by atoms with Crippen molar-refractivity contribution in [3.8, 4) is 0 Å². The van der Waals surface area contributed by atoms with Crippen molar-refractivity contribution < 1.29 is 0 Å². The third-order valence-corrected chi connectivity index (χ3v) is 4.36. The third-order valence-electron chi connectivity index (χ3n) is 3.18. The van der Waals surface area contributed by atoms with Gasteiger partial charge in [0.1, 0.15) is 5.03 Å². The van der Waals surface area contributed by atoms with Crippen LogP contribution in [0.25, 0.3) is 11.0 Å². The molecule has 0 fully saturated rings. The minimum absolute atomic E-state index is 0.152. The van der Waals surface area contributed by atoms with Crippen molar-refractivity contribution in [2.24, 2.45) is 0 Å². The standard InChI is InChI=1S/C15H15ClN4S/c1-15(2,3)9-4-6-10(7-5-9)21-13-11-8-17-20-12(11)18-14(16)19-13/h4-8H,1-3H3,(H,17,18,19,20). The van der Waals surface area contributed by atoms with Crippen LogP contribution in [0, 0.1) is 0 Å². The van der Waals surface area contributed by atoms with Crippen LogP contribution in [0.15, 0.2) is 40.4 Å². The maximum absolute atomic E-state index is 5.95. The number of hydrogen-bond donors (Lipinski definition) is 1. The second kappa shape index (κ2) is 5.31. The molecule has 2 aromatic heterocycles. The number of benzene rings is 1. The van der Waals surface area contributed by atoms with Crippen LogP contribution in [-0.4, -0.2) is 20.2 Å². The smallest absolute Gasteiger partial charge is 0.225 e. The summed E-state index contributed by atoms with van der Waals surface area (Å²) in [4.78, 5) is 9.52. The maximum Gasteiger partial charge on any atom is 0.225 e. The molecule has 0 aliphatic rings. The lowest BCUT2D eigenvalue weighted by atomic mass is 9.87. The number of nitrogens with one attached hydrogen (secondary N) is 1. The lowest BCUT2D eigenvalue weighted by Gasteiger charge is -2.19. The molecule has 0 saturated heterocycles. The zero-order valence-corrected chi connectivity index (χ0v) is 13.6. The SMILES string of the molecule is CC(C)(C)c1ccc(Sc2nc(Cl)nc3[nH]ncc23)cc1. The van der Waals surface area contributed by atoms with Gasteiger partial charge in [0.25, 0.3) is 0 Å². The molecule has 21 heavy (non-hydrogen) atoms. The fraction of sp³-hybridized carbons (Fsp3) is 0.267. The van der Waals surface area contributed by atoms with Crippen molar-refractivity contribution in [2.75, 3.05) is 0 Å².